The maximum atomic E-state index is 12.3. The van der Waals surface area contributed by atoms with Crippen LogP contribution in [0, 0.1) is 13.8 Å². The van der Waals surface area contributed by atoms with Crippen LogP contribution in [-0.2, 0) is 4.79 Å². The molecule has 1 N–H and O–H groups in total. The van der Waals surface area contributed by atoms with Crippen LogP contribution < -0.4 is 5.32 Å². The van der Waals surface area contributed by atoms with Crippen molar-refractivity contribution < 1.29 is 9.59 Å². The summed E-state index contributed by atoms with van der Waals surface area (Å²) >= 11 is 4.78. The molecule has 0 aliphatic carbocycles. The number of thiazole rings is 1. The van der Waals surface area contributed by atoms with Crippen LogP contribution in [0.25, 0.3) is 11.3 Å². The lowest BCUT2D eigenvalue weighted by molar-refractivity contribution is -0.116. The van der Waals surface area contributed by atoms with Gasteiger partial charge in [-0.25, -0.2) is 4.98 Å². The second kappa shape index (κ2) is 8.59. The molecule has 0 unspecified atom stereocenters. The van der Waals surface area contributed by atoms with Gasteiger partial charge in [-0.1, -0.05) is 40.2 Å². The second-order valence-electron chi connectivity index (χ2n) is 6.32. The van der Waals surface area contributed by atoms with Crippen LogP contribution in [0.5, 0.6) is 0 Å². The Hall–Kier alpha value is -2.31. The highest BCUT2D eigenvalue weighted by molar-refractivity contribution is 9.10. The fourth-order valence-corrected chi connectivity index (χ4v) is 3.55. The Morgan fingerprint density at radius 1 is 1.04 bits per heavy atom. The molecule has 6 heteroatoms. The molecule has 3 aromatic rings. The number of aromatic nitrogens is 1. The SMILES string of the molecule is Cc1ccc(C(=O)CCC(=O)Nc2nc(-c3ccc(Br)cc3)cs2)cc1C. The Morgan fingerprint density at radius 2 is 1.78 bits per heavy atom. The second-order valence-corrected chi connectivity index (χ2v) is 8.09. The van der Waals surface area contributed by atoms with E-state index in [0.29, 0.717) is 10.7 Å². The standard InChI is InChI=1S/C21H19BrN2O2S/c1-13-3-4-16(11-14(13)2)19(25)9-10-20(26)24-21-23-18(12-27-21)15-5-7-17(22)8-6-15/h3-8,11-12H,9-10H2,1-2H3,(H,23,24,26). The van der Waals surface area contributed by atoms with Gasteiger partial charge in [0.1, 0.15) is 0 Å². The van der Waals surface area contributed by atoms with Crippen molar-refractivity contribution in [2.45, 2.75) is 26.7 Å². The zero-order valence-corrected chi connectivity index (χ0v) is 17.5. The van der Waals surface area contributed by atoms with Gasteiger partial charge in [-0.2, -0.15) is 0 Å². The van der Waals surface area contributed by atoms with Gasteiger partial charge in [-0.15, -0.1) is 11.3 Å². The first kappa shape index (κ1) is 19.5. The summed E-state index contributed by atoms with van der Waals surface area (Å²) < 4.78 is 1.00. The molecule has 0 saturated carbocycles. The first-order chi connectivity index (χ1) is 12.9. The highest BCUT2D eigenvalue weighted by Crippen LogP contribution is 2.26. The molecule has 0 aliphatic heterocycles. The van der Waals surface area contributed by atoms with E-state index in [1.54, 1.807) is 0 Å². The number of aryl methyl sites for hydroxylation is 2. The Kier molecular flexibility index (Phi) is 6.19. The molecule has 0 radical (unpaired) electrons. The van der Waals surface area contributed by atoms with E-state index in [1.807, 2.05) is 61.7 Å². The van der Waals surface area contributed by atoms with Crippen LogP contribution in [0.1, 0.15) is 34.3 Å². The van der Waals surface area contributed by atoms with Crippen molar-refractivity contribution in [3.05, 3.63) is 69.0 Å². The number of carbonyl (C=O) groups excluding carboxylic acids is 2. The van der Waals surface area contributed by atoms with Gasteiger partial charge in [0.15, 0.2) is 10.9 Å². The zero-order valence-electron chi connectivity index (χ0n) is 15.1. The molecule has 2 aromatic carbocycles. The van der Waals surface area contributed by atoms with Crippen molar-refractivity contribution >= 4 is 44.1 Å². The van der Waals surface area contributed by atoms with Gasteiger partial charge in [-0.3, -0.25) is 9.59 Å². The lowest BCUT2D eigenvalue weighted by Gasteiger charge is -2.05. The maximum Gasteiger partial charge on any atom is 0.226 e. The summed E-state index contributed by atoms with van der Waals surface area (Å²) in [5, 5.41) is 5.22. The van der Waals surface area contributed by atoms with Crippen molar-refractivity contribution in [1.29, 1.82) is 0 Å². The molecule has 1 aromatic heterocycles. The molecule has 138 valence electrons. The Labute approximate surface area is 170 Å². The number of anilines is 1. The average molecular weight is 443 g/mol. The van der Waals surface area contributed by atoms with E-state index < -0.39 is 0 Å². The van der Waals surface area contributed by atoms with E-state index in [4.69, 9.17) is 0 Å². The minimum atomic E-state index is -0.205. The first-order valence-electron chi connectivity index (χ1n) is 8.54. The van der Waals surface area contributed by atoms with Crippen molar-refractivity contribution in [1.82, 2.24) is 4.98 Å². The number of carbonyl (C=O) groups is 2. The number of nitrogens with zero attached hydrogens (tertiary/aromatic N) is 1. The molecule has 0 spiro atoms. The van der Waals surface area contributed by atoms with E-state index in [1.165, 1.54) is 11.3 Å². The van der Waals surface area contributed by atoms with Gasteiger partial charge in [-0.05, 0) is 43.2 Å². The van der Waals surface area contributed by atoms with Crippen LogP contribution in [0.4, 0.5) is 5.13 Å². The Morgan fingerprint density at radius 3 is 2.48 bits per heavy atom. The summed E-state index contributed by atoms with van der Waals surface area (Å²) in [5.41, 5.74) is 4.68. The van der Waals surface area contributed by atoms with Gasteiger partial charge in [0.25, 0.3) is 0 Å². The average Bonchev–Trinajstić information content (AvgIpc) is 3.11. The highest BCUT2D eigenvalue weighted by Gasteiger charge is 2.12. The lowest BCUT2D eigenvalue weighted by atomic mass is 10.0. The van der Waals surface area contributed by atoms with Crippen LogP contribution in [-0.4, -0.2) is 16.7 Å². The zero-order chi connectivity index (χ0) is 19.4. The molecule has 27 heavy (non-hydrogen) atoms. The van der Waals surface area contributed by atoms with Gasteiger partial charge in [0, 0.05) is 33.8 Å². The molecule has 0 fully saturated rings. The third-order valence-corrected chi connectivity index (χ3v) is 5.58. The van der Waals surface area contributed by atoms with E-state index >= 15 is 0 Å². The molecular weight excluding hydrogens is 424 g/mol. The van der Waals surface area contributed by atoms with Crippen molar-refractivity contribution in [3.8, 4) is 11.3 Å². The summed E-state index contributed by atoms with van der Waals surface area (Å²) in [6, 6.07) is 13.5. The highest BCUT2D eigenvalue weighted by atomic mass is 79.9. The predicted molar refractivity (Wildman–Crippen MR) is 113 cm³/mol. The number of Topliss-reactive ketones (excluding diaryl/α,β-unsaturated/α-hetero) is 1. The molecule has 3 rings (SSSR count). The first-order valence-corrected chi connectivity index (χ1v) is 10.2. The smallest absolute Gasteiger partial charge is 0.226 e. The van der Waals surface area contributed by atoms with E-state index in [9.17, 15) is 9.59 Å². The minimum Gasteiger partial charge on any atom is -0.302 e. The molecule has 0 saturated heterocycles. The number of halogens is 1. The summed E-state index contributed by atoms with van der Waals surface area (Å²) in [7, 11) is 0. The molecule has 4 nitrogen and oxygen atoms in total. The normalized spacial score (nSPS) is 10.6. The van der Waals surface area contributed by atoms with E-state index in [0.717, 1.165) is 26.9 Å². The monoisotopic (exact) mass is 442 g/mol. The molecular formula is C21H19BrN2O2S. The molecule has 1 amide bonds. The molecule has 0 aliphatic rings. The number of nitrogens with one attached hydrogen (secondary N) is 1. The largest absolute Gasteiger partial charge is 0.302 e. The third-order valence-electron chi connectivity index (χ3n) is 4.30. The van der Waals surface area contributed by atoms with Crippen LogP contribution in [0.2, 0.25) is 0 Å². The number of rotatable bonds is 6. The lowest BCUT2D eigenvalue weighted by Crippen LogP contribution is -2.13. The van der Waals surface area contributed by atoms with Gasteiger partial charge >= 0.3 is 0 Å². The van der Waals surface area contributed by atoms with Gasteiger partial charge in [0.2, 0.25) is 5.91 Å². The summed E-state index contributed by atoms with van der Waals surface area (Å²) in [6.45, 7) is 3.98. The summed E-state index contributed by atoms with van der Waals surface area (Å²) in [6.07, 6.45) is 0.318. The number of amides is 1. The predicted octanol–water partition coefficient (Wildman–Crippen LogP) is 5.79. The number of hydrogen-bond donors (Lipinski definition) is 1. The van der Waals surface area contributed by atoms with Gasteiger partial charge < -0.3 is 5.32 Å². The Bertz CT molecular complexity index is 980. The van der Waals surface area contributed by atoms with Crippen LogP contribution in [0.15, 0.2) is 52.3 Å². The van der Waals surface area contributed by atoms with Gasteiger partial charge in [0.05, 0.1) is 5.69 Å². The molecule has 1 heterocycles. The maximum absolute atomic E-state index is 12.3. The topological polar surface area (TPSA) is 59.1 Å². The quantitative estimate of drug-likeness (QED) is 0.491. The van der Waals surface area contributed by atoms with Crippen molar-refractivity contribution in [2.24, 2.45) is 0 Å². The van der Waals surface area contributed by atoms with E-state index in [2.05, 4.69) is 26.2 Å². The third kappa shape index (κ3) is 5.11. The number of benzene rings is 2. The number of hydrogen-bond acceptors (Lipinski definition) is 4. The number of ketones is 1. The van der Waals surface area contributed by atoms with Crippen LogP contribution >= 0.6 is 27.3 Å². The van der Waals surface area contributed by atoms with Crippen molar-refractivity contribution in [3.63, 3.8) is 0 Å². The Balaban J connectivity index is 1.55. The summed E-state index contributed by atoms with van der Waals surface area (Å²) in [4.78, 5) is 28.9. The van der Waals surface area contributed by atoms with E-state index in [-0.39, 0.29) is 24.5 Å². The van der Waals surface area contributed by atoms with Crippen molar-refractivity contribution in [2.75, 3.05) is 5.32 Å². The molecule has 0 bridgehead atoms. The van der Waals surface area contributed by atoms with Crippen LogP contribution in [0.3, 0.4) is 0 Å². The summed E-state index contributed by atoms with van der Waals surface area (Å²) in [5.74, 6) is -0.230. The fourth-order valence-electron chi connectivity index (χ4n) is 2.55. The minimum absolute atomic E-state index is 0.0251. The fraction of sp³-hybridized carbons (Fsp3) is 0.190. The molecule has 0 atom stereocenters.